The van der Waals surface area contributed by atoms with Crippen molar-refractivity contribution in [3.05, 3.63) is 0 Å². The van der Waals surface area contributed by atoms with Gasteiger partial charge in [0.2, 0.25) is 0 Å². The first-order chi connectivity index (χ1) is 9.01. The van der Waals surface area contributed by atoms with E-state index in [1.165, 1.54) is 25.7 Å². The predicted octanol–water partition coefficient (Wildman–Crippen LogP) is 1.85. The third-order valence-corrected chi connectivity index (χ3v) is 5.16. The highest BCUT2D eigenvalue weighted by atomic mass is 16.2. The second kappa shape index (κ2) is 4.58. The molecule has 106 valence electrons. The van der Waals surface area contributed by atoms with Crippen molar-refractivity contribution in [1.29, 1.82) is 0 Å². The molecule has 4 heteroatoms. The van der Waals surface area contributed by atoms with Crippen LogP contribution in [0.4, 0.5) is 0 Å². The highest BCUT2D eigenvalue weighted by molar-refractivity contribution is 6.09. The van der Waals surface area contributed by atoms with E-state index in [0.29, 0.717) is 11.3 Å². The van der Waals surface area contributed by atoms with E-state index in [1.54, 1.807) is 0 Å². The molecule has 0 radical (unpaired) electrons. The first-order valence-corrected chi connectivity index (χ1v) is 7.63. The molecular weight excluding hydrogens is 238 g/mol. The SMILES string of the molecule is CC1(C)CCC(C2=NC3(CCNCC3)C(=O)N2)CC1. The molecule has 0 bridgehead atoms. The Kier molecular flexibility index (Phi) is 3.16. The molecule has 0 atom stereocenters. The van der Waals surface area contributed by atoms with E-state index >= 15 is 0 Å². The summed E-state index contributed by atoms with van der Waals surface area (Å²) in [6.45, 7) is 6.49. The normalized spacial score (nSPS) is 30.2. The van der Waals surface area contributed by atoms with Crippen molar-refractivity contribution < 1.29 is 4.79 Å². The van der Waals surface area contributed by atoms with Crippen LogP contribution in [0.15, 0.2) is 4.99 Å². The van der Waals surface area contributed by atoms with Gasteiger partial charge in [0.25, 0.3) is 5.91 Å². The number of rotatable bonds is 1. The zero-order valence-corrected chi connectivity index (χ0v) is 12.1. The van der Waals surface area contributed by atoms with E-state index in [4.69, 9.17) is 4.99 Å². The number of carbonyl (C=O) groups excluding carboxylic acids is 1. The minimum absolute atomic E-state index is 0.147. The van der Waals surface area contributed by atoms with E-state index in [-0.39, 0.29) is 5.91 Å². The molecular formula is C15H25N3O. The van der Waals surface area contributed by atoms with Crippen LogP contribution in [0.2, 0.25) is 0 Å². The molecule has 1 amide bonds. The van der Waals surface area contributed by atoms with E-state index in [2.05, 4.69) is 24.5 Å². The fraction of sp³-hybridized carbons (Fsp3) is 0.867. The Morgan fingerprint density at radius 1 is 1.11 bits per heavy atom. The van der Waals surface area contributed by atoms with Crippen LogP contribution in [0.25, 0.3) is 0 Å². The van der Waals surface area contributed by atoms with Crippen LogP contribution >= 0.6 is 0 Å². The van der Waals surface area contributed by atoms with E-state index in [9.17, 15) is 4.79 Å². The first-order valence-electron chi connectivity index (χ1n) is 7.63. The van der Waals surface area contributed by atoms with Crippen molar-refractivity contribution in [2.45, 2.75) is 57.9 Å². The summed E-state index contributed by atoms with van der Waals surface area (Å²) >= 11 is 0. The van der Waals surface area contributed by atoms with Crippen molar-refractivity contribution in [3.63, 3.8) is 0 Å². The maximum Gasteiger partial charge on any atom is 0.253 e. The predicted molar refractivity (Wildman–Crippen MR) is 76.2 cm³/mol. The summed E-state index contributed by atoms with van der Waals surface area (Å²) in [5, 5.41) is 6.41. The number of hydrogen-bond acceptors (Lipinski definition) is 3. The number of amides is 1. The van der Waals surface area contributed by atoms with E-state index in [1.807, 2.05) is 0 Å². The molecule has 0 aromatic carbocycles. The summed E-state index contributed by atoms with van der Waals surface area (Å²) in [5.74, 6) is 1.61. The molecule has 19 heavy (non-hydrogen) atoms. The van der Waals surface area contributed by atoms with Gasteiger partial charge in [0.05, 0.1) is 0 Å². The average Bonchev–Trinajstić information content (AvgIpc) is 2.68. The molecule has 2 aliphatic heterocycles. The van der Waals surface area contributed by atoms with Crippen LogP contribution in [-0.2, 0) is 4.79 Å². The Labute approximate surface area is 115 Å². The second-order valence-electron chi connectivity index (χ2n) is 7.17. The summed E-state index contributed by atoms with van der Waals surface area (Å²) in [6, 6.07) is 0. The smallest absolute Gasteiger partial charge is 0.253 e. The average molecular weight is 263 g/mol. The highest BCUT2D eigenvalue weighted by Crippen LogP contribution is 2.40. The molecule has 1 saturated heterocycles. The van der Waals surface area contributed by atoms with E-state index < -0.39 is 5.54 Å². The van der Waals surface area contributed by atoms with Gasteiger partial charge in [-0.25, -0.2) is 0 Å². The van der Waals surface area contributed by atoms with Gasteiger partial charge in [-0.15, -0.1) is 0 Å². The number of hydrogen-bond donors (Lipinski definition) is 2. The van der Waals surface area contributed by atoms with Crippen molar-refractivity contribution >= 4 is 11.7 Å². The molecule has 4 nitrogen and oxygen atoms in total. The van der Waals surface area contributed by atoms with Gasteiger partial charge in [0.15, 0.2) is 0 Å². The largest absolute Gasteiger partial charge is 0.317 e. The van der Waals surface area contributed by atoms with Crippen LogP contribution < -0.4 is 10.6 Å². The standard InChI is InChI=1S/C15H25N3O/c1-14(2)5-3-11(4-6-14)12-17-13(19)15(18-12)7-9-16-10-8-15/h11,16H,3-10H2,1-2H3,(H,17,18,19). The quantitative estimate of drug-likeness (QED) is 0.758. The molecule has 3 aliphatic rings. The first kappa shape index (κ1) is 13.1. The zero-order valence-electron chi connectivity index (χ0n) is 12.1. The summed E-state index contributed by atoms with van der Waals surface area (Å²) < 4.78 is 0. The third kappa shape index (κ3) is 2.42. The number of aliphatic imine (C=N–C) groups is 1. The molecule has 0 aromatic heterocycles. The molecule has 1 aliphatic carbocycles. The molecule has 1 saturated carbocycles. The molecule has 2 N–H and O–H groups in total. The fourth-order valence-corrected chi connectivity index (χ4v) is 3.59. The molecule has 2 fully saturated rings. The van der Waals surface area contributed by atoms with Gasteiger partial charge < -0.3 is 10.6 Å². The molecule has 2 heterocycles. The van der Waals surface area contributed by atoms with Gasteiger partial charge in [0.1, 0.15) is 11.4 Å². The molecule has 0 unspecified atom stereocenters. The lowest BCUT2D eigenvalue weighted by molar-refractivity contribution is -0.124. The van der Waals surface area contributed by atoms with Crippen molar-refractivity contribution in [2.75, 3.05) is 13.1 Å². The summed E-state index contributed by atoms with van der Waals surface area (Å²) in [7, 11) is 0. The zero-order chi connectivity index (χ0) is 13.5. The van der Waals surface area contributed by atoms with Crippen molar-refractivity contribution in [3.8, 4) is 0 Å². The minimum Gasteiger partial charge on any atom is -0.317 e. The second-order valence-corrected chi connectivity index (χ2v) is 7.17. The topological polar surface area (TPSA) is 53.5 Å². The van der Waals surface area contributed by atoms with Gasteiger partial charge >= 0.3 is 0 Å². The molecule has 1 spiro atoms. The van der Waals surface area contributed by atoms with Gasteiger partial charge in [-0.2, -0.15) is 0 Å². The van der Waals surface area contributed by atoms with Crippen molar-refractivity contribution in [2.24, 2.45) is 16.3 Å². The third-order valence-electron chi connectivity index (χ3n) is 5.16. The maximum absolute atomic E-state index is 12.3. The number of piperidine rings is 1. The summed E-state index contributed by atoms with van der Waals surface area (Å²) in [4.78, 5) is 17.1. The number of nitrogens with one attached hydrogen (secondary N) is 2. The highest BCUT2D eigenvalue weighted by Gasteiger charge is 2.46. The van der Waals surface area contributed by atoms with Gasteiger partial charge in [0, 0.05) is 5.92 Å². The van der Waals surface area contributed by atoms with Gasteiger partial charge in [-0.3, -0.25) is 9.79 Å². The Balaban J connectivity index is 1.72. The van der Waals surface area contributed by atoms with Gasteiger partial charge in [-0.05, 0) is 57.0 Å². The van der Waals surface area contributed by atoms with Crippen LogP contribution in [0.1, 0.15) is 52.4 Å². The number of nitrogens with zero attached hydrogens (tertiary/aromatic N) is 1. The lowest BCUT2D eigenvalue weighted by Gasteiger charge is -2.34. The number of carbonyl (C=O) groups is 1. The van der Waals surface area contributed by atoms with Crippen LogP contribution in [-0.4, -0.2) is 30.4 Å². The Hall–Kier alpha value is -0.900. The summed E-state index contributed by atoms with van der Waals surface area (Å²) in [5.41, 5.74) is 0.0274. The minimum atomic E-state index is -0.437. The van der Waals surface area contributed by atoms with Crippen LogP contribution in [0, 0.1) is 11.3 Å². The maximum atomic E-state index is 12.3. The lowest BCUT2D eigenvalue weighted by Crippen LogP contribution is -2.47. The summed E-state index contributed by atoms with van der Waals surface area (Å²) in [6.07, 6.45) is 6.50. The van der Waals surface area contributed by atoms with E-state index in [0.717, 1.165) is 31.8 Å². The monoisotopic (exact) mass is 263 g/mol. The fourth-order valence-electron chi connectivity index (χ4n) is 3.59. The van der Waals surface area contributed by atoms with Crippen LogP contribution in [0.3, 0.4) is 0 Å². The lowest BCUT2D eigenvalue weighted by atomic mass is 9.73. The Morgan fingerprint density at radius 2 is 1.74 bits per heavy atom. The molecule has 3 rings (SSSR count). The Bertz CT molecular complexity index is 398. The molecule has 0 aromatic rings. The van der Waals surface area contributed by atoms with Crippen LogP contribution in [0.5, 0.6) is 0 Å². The number of amidine groups is 1. The van der Waals surface area contributed by atoms with Crippen molar-refractivity contribution in [1.82, 2.24) is 10.6 Å². The Morgan fingerprint density at radius 3 is 2.37 bits per heavy atom. The van der Waals surface area contributed by atoms with Gasteiger partial charge in [-0.1, -0.05) is 13.8 Å².